The predicted molar refractivity (Wildman–Crippen MR) is 62.1 cm³/mol. The van der Waals surface area contributed by atoms with Crippen molar-refractivity contribution in [2.45, 2.75) is 0 Å². The van der Waals surface area contributed by atoms with Gasteiger partial charge in [0, 0.05) is 23.2 Å². The van der Waals surface area contributed by atoms with E-state index in [0.717, 1.165) is 5.02 Å². The second kappa shape index (κ2) is 3.21. The zero-order chi connectivity index (χ0) is 10.3. The van der Waals surface area contributed by atoms with Crippen LogP contribution < -0.4 is 4.40 Å². The van der Waals surface area contributed by atoms with Gasteiger partial charge >= 0.3 is 0 Å². The molecule has 0 aliphatic rings. The van der Waals surface area contributed by atoms with Crippen molar-refractivity contribution >= 4 is 27.9 Å². The van der Waals surface area contributed by atoms with Gasteiger partial charge in [0.15, 0.2) is 12.4 Å². The molecule has 0 radical (unpaired) electrons. The topological polar surface area (TPSA) is 4.10 Å². The van der Waals surface area contributed by atoms with Gasteiger partial charge in [-0.3, -0.25) is 0 Å². The molecule has 1 nitrogen and oxygen atoms in total. The maximum Gasteiger partial charge on any atom is 0.218 e. The van der Waals surface area contributed by atoms with E-state index in [4.69, 9.17) is 11.6 Å². The molecule has 0 spiro atoms. The Hall–Kier alpha value is -1.60. The predicted octanol–water partition coefficient (Wildman–Crippen LogP) is 3.23. The largest absolute Gasteiger partial charge is 0.218 e. The zero-order valence-corrected chi connectivity index (χ0v) is 8.78. The lowest BCUT2D eigenvalue weighted by molar-refractivity contribution is -0.510. The third-order valence-electron chi connectivity index (χ3n) is 2.59. The van der Waals surface area contributed by atoms with E-state index in [-0.39, 0.29) is 0 Å². The number of hydrogen-bond donors (Lipinski definition) is 0. The maximum absolute atomic E-state index is 5.96. The molecular formula is C13H9ClN+. The van der Waals surface area contributed by atoms with Crippen molar-refractivity contribution in [2.24, 2.45) is 0 Å². The summed E-state index contributed by atoms with van der Waals surface area (Å²) in [5.41, 5.74) is 1.20. The summed E-state index contributed by atoms with van der Waals surface area (Å²) in [5, 5.41) is 3.18. The summed E-state index contributed by atoms with van der Waals surface area (Å²) in [4.78, 5) is 0. The Balaban J connectivity index is 2.55. The monoisotopic (exact) mass is 214 g/mol. The lowest BCUT2D eigenvalue weighted by atomic mass is 10.1. The van der Waals surface area contributed by atoms with Crippen molar-refractivity contribution in [1.29, 1.82) is 0 Å². The van der Waals surface area contributed by atoms with Gasteiger partial charge in [0.2, 0.25) is 5.52 Å². The molecule has 1 aromatic carbocycles. The lowest BCUT2D eigenvalue weighted by Gasteiger charge is -1.98. The van der Waals surface area contributed by atoms with Gasteiger partial charge in [-0.15, -0.1) is 0 Å². The second-order valence-electron chi connectivity index (χ2n) is 3.54. The van der Waals surface area contributed by atoms with E-state index in [1.54, 1.807) is 0 Å². The highest BCUT2D eigenvalue weighted by Gasteiger charge is 2.05. The first-order valence-corrected chi connectivity index (χ1v) is 5.21. The molecule has 2 aromatic heterocycles. The number of benzene rings is 1. The van der Waals surface area contributed by atoms with Crippen LogP contribution >= 0.6 is 11.6 Å². The third kappa shape index (κ3) is 1.36. The molecule has 72 valence electrons. The van der Waals surface area contributed by atoms with Crippen LogP contribution in [0.5, 0.6) is 0 Å². The highest BCUT2D eigenvalue weighted by atomic mass is 35.5. The lowest BCUT2D eigenvalue weighted by Crippen LogP contribution is -2.19. The summed E-state index contributed by atoms with van der Waals surface area (Å²) < 4.78 is 2.11. The number of halogens is 1. The minimum Gasteiger partial charge on any atom is -0.167 e. The Labute approximate surface area is 92.5 Å². The third-order valence-corrected chi connectivity index (χ3v) is 2.83. The van der Waals surface area contributed by atoms with Gasteiger partial charge in [-0.1, -0.05) is 11.6 Å². The Morgan fingerprint density at radius 3 is 2.80 bits per heavy atom. The van der Waals surface area contributed by atoms with Gasteiger partial charge in [-0.25, -0.2) is 0 Å². The van der Waals surface area contributed by atoms with Crippen LogP contribution in [0, 0.1) is 0 Å². The first kappa shape index (κ1) is 8.69. The molecule has 0 saturated carbocycles. The van der Waals surface area contributed by atoms with Gasteiger partial charge in [0.1, 0.15) is 0 Å². The van der Waals surface area contributed by atoms with Crippen LogP contribution in [0.3, 0.4) is 0 Å². The van der Waals surface area contributed by atoms with E-state index < -0.39 is 0 Å². The highest BCUT2D eigenvalue weighted by Crippen LogP contribution is 2.20. The normalized spacial score (nSPS) is 11.0. The molecule has 0 amide bonds. The van der Waals surface area contributed by atoms with Crippen LogP contribution in [0.15, 0.2) is 54.9 Å². The number of aromatic nitrogens is 1. The van der Waals surface area contributed by atoms with Crippen LogP contribution in [-0.2, 0) is 0 Å². The quantitative estimate of drug-likeness (QED) is 0.400. The Morgan fingerprint density at radius 2 is 1.87 bits per heavy atom. The van der Waals surface area contributed by atoms with Crippen molar-refractivity contribution in [2.75, 3.05) is 0 Å². The van der Waals surface area contributed by atoms with Crippen molar-refractivity contribution < 1.29 is 4.40 Å². The number of nitrogens with zero attached hydrogens (tertiary/aromatic N) is 1. The van der Waals surface area contributed by atoms with Crippen LogP contribution in [-0.4, -0.2) is 0 Å². The van der Waals surface area contributed by atoms with Crippen molar-refractivity contribution in [3.05, 3.63) is 59.9 Å². The highest BCUT2D eigenvalue weighted by molar-refractivity contribution is 6.31. The van der Waals surface area contributed by atoms with E-state index in [2.05, 4.69) is 22.6 Å². The molecule has 2 heterocycles. The molecule has 0 fully saturated rings. The molecule has 15 heavy (non-hydrogen) atoms. The summed E-state index contributed by atoms with van der Waals surface area (Å²) in [6, 6.07) is 14.2. The SMILES string of the molecule is Clc1ccc2c(cc[n+]3ccccc23)c1. The number of hydrogen-bond acceptors (Lipinski definition) is 0. The first-order chi connectivity index (χ1) is 7.34. The van der Waals surface area contributed by atoms with E-state index >= 15 is 0 Å². The van der Waals surface area contributed by atoms with Crippen LogP contribution in [0.1, 0.15) is 0 Å². The summed E-state index contributed by atoms with van der Waals surface area (Å²) in [7, 11) is 0. The van der Waals surface area contributed by atoms with Gasteiger partial charge in [-0.2, -0.15) is 4.40 Å². The molecule has 0 aliphatic heterocycles. The minimum absolute atomic E-state index is 0.780. The molecule has 3 aromatic rings. The molecule has 0 bridgehead atoms. The van der Waals surface area contributed by atoms with Crippen molar-refractivity contribution in [3.8, 4) is 0 Å². The Morgan fingerprint density at radius 1 is 0.933 bits per heavy atom. The summed E-state index contributed by atoms with van der Waals surface area (Å²) in [6.45, 7) is 0. The van der Waals surface area contributed by atoms with Gasteiger partial charge in [-0.05, 0) is 29.7 Å². The Kier molecular flexibility index (Phi) is 1.86. The minimum atomic E-state index is 0.780. The molecule has 0 atom stereocenters. The van der Waals surface area contributed by atoms with Crippen molar-refractivity contribution in [1.82, 2.24) is 0 Å². The fourth-order valence-electron chi connectivity index (χ4n) is 1.88. The fraction of sp³-hybridized carbons (Fsp3) is 0. The Bertz CT molecular complexity index is 646. The number of rotatable bonds is 0. The molecule has 0 unspecified atom stereocenters. The van der Waals surface area contributed by atoms with Crippen molar-refractivity contribution in [3.63, 3.8) is 0 Å². The molecule has 3 rings (SSSR count). The molecule has 0 saturated heterocycles. The second-order valence-corrected chi connectivity index (χ2v) is 3.98. The summed E-state index contributed by atoms with van der Waals surface area (Å²) in [6.07, 6.45) is 4.09. The van der Waals surface area contributed by atoms with Crippen LogP contribution in [0.4, 0.5) is 0 Å². The van der Waals surface area contributed by atoms with E-state index in [1.807, 2.05) is 36.7 Å². The summed E-state index contributed by atoms with van der Waals surface area (Å²) in [5.74, 6) is 0. The van der Waals surface area contributed by atoms with E-state index in [1.165, 1.54) is 16.3 Å². The smallest absolute Gasteiger partial charge is 0.167 e. The average molecular weight is 215 g/mol. The zero-order valence-electron chi connectivity index (χ0n) is 8.02. The standard InChI is InChI=1S/C13H9ClN/c14-11-4-5-12-10(9-11)6-8-15-7-2-1-3-13(12)15/h1-9H/q+1. The number of pyridine rings is 2. The van der Waals surface area contributed by atoms with Gasteiger partial charge in [0.25, 0.3) is 0 Å². The van der Waals surface area contributed by atoms with E-state index in [9.17, 15) is 0 Å². The first-order valence-electron chi connectivity index (χ1n) is 4.83. The molecular weight excluding hydrogens is 206 g/mol. The van der Waals surface area contributed by atoms with Gasteiger partial charge < -0.3 is 0 Å². The van der Waals surface area contributed by atoms with E-state index in [0.29, 0.717) is 0 Å². The van der Waals surface area contributed by atoms with Crippen LogP contribution in [0.2, 0.25) is 5.02 Å². The molecule has 2 heteroatoms. The average Bonchev–Trinajstić information content (AvgIpc) is 2.28. The van der Waals surface area contributed by atoms with Gasteiger partial charge in [0.05, 0.1) is 5.39 Å². The molecule has 0 N–H and O–H groups in total. The number of fused-ring (bicyclic) bond motifs is 3. The molecule has 0 aliphatic carbocycles. The maximum atomic E-state index is 5.96. The fourth-order valence-corrected chi connectivity index (χ4v) is 2.06. The summed E-state index contributed by atoms with van der Waals surface area (Å²) >= 11 is 5.96. The van der Waals surface area contributed by atoms with Crippen LogP contribution in [0.25, 0.3) is 16.3 Å².